The molecule has 12 rings (SSSR count). The van der Waals surface area contributed by atoms with Gasteiger partial charge in [0.25, 0.3) is 0 Å². The summed E-state index contributed by atoms with van der Waals surface area (Å²) in [6.45, 7) is 4.58. The van der Waals surface area contributed by atoms with E-state index in [1.807, 2.05) is 12.3 Å². The van der Waals surface area contributed by atoms with Crippen LogP contribution in [0.3, 0.4) is 0 Å². The zero-order valence-corrected chi connectivity index (χ0v) is 29.1. The lowest BCUT2D eigenvalue weighted by molar-refractivity contribution is 0.633. The minimum Gasteiger partial charge on any atom is -0.278 e. The van der Waals surface area contributed by atoms with Crippen molar-refractivity contribution < 1.29 is 0 Å². The molecule has 5 heterocycles. The molecule has 0 N–H and O–H groups in total. The first-order valence-electron chi connectivity index (χ1n) is 18.1. The molecule has 5 aromatic heterocycles. The molecule has 53 heavy (non-hydrogen) atoms. The van der Waals surface area contributed by atoms with E-state index in [1.54, 1.807) is 0 Å². The van der Waals surface area contributed by atoms with Gasteiger partial charge in [0.05, 0.1) is 55.5 Å². The zero-order chi connectivity index (χ0) is 35.0. The van der Waals surface area contributed by atoms with Crippen LogP contribution in [0.15, 0.2) is 152 Å². The van der Waals surface area contributed by atoms with Crippen LogP contribution in [0.1, 0.15) is 25.1 Å². The minimum atomic E-state index is -0.281. The number of pyridine rings is 1. The van der Waals surface area contributed by atoms with Crippen LogP contribution in [-0.4, -0.2) is 32.9 Å². The molecule has 11 aromatic rings. The van der Waals surface area contributed by atoms with Gasteiger partial charge in [-0.1, -0.05) is 86.6 Å². The molecule has 7 heteroatoms. The first-order chi connectivity index (χ1) is 26.1. The van der Waals surface area contributed by atoms with E-state index in [0.29, 0.717) is 0 Å². The summed E-state index contributed by atoms with van der Waals surface area (Å²) < 4.78 is 9.24. The summed E-state index contributed by atoms with van der Waals surface area (Å²) in [4.78, 5) is 15.3. The Morgan fingerprint density at radius 1 is 0.472 bits per heavy atom. The molecule has 7 nitrogen and oxygen atoms in total. The Morgan fingerprint density at radius 2 is 1.06 bits per heavy atom. The Morgan fingerprint density at radius 3 is 1.74 bits per heavy atom. The Kier molecular flexibility index (Phi) is 5.45. The van der Waals surface area contributed by atoms with Crippen molar-refractivity contribution in [1.82, 2.24) is 32.9 Å². The summed E-state index contributed by atoms with van der Waals surface area (Å²) >= 11 is 0. The quantitative estimate of drug-likeness (QED) is 0.187. The first-order valence-corrected chi connectivity index (χ1v) is 18.1. The molecule has 1 aliphatic rings. The van der Waals surface area contributed by atoms with E-state index in [4.69, 9.17) is 15.0 Å². The second-order valence-electron chi connectivity index (χ2n) is 14.6. The van der Waals surface area contributed by atoms with E-state index < -0.39 is 0 Å². The molecule has 0 saturated heterocycles. The van der Waals surface area contributed by atoms with Crippen molar-refractivity contribution in [2.75, 3.05) is 0 Å². The largest absolute Gasteiger partial charge is 0.278 e. The summed E-state index contributed by atoms with van der Waals surface area (Å²) in [6, 6.07) is 51.8. The Bertz CT molecular complexity index is 3320. The number of aromatic nitrogens is 7. The lowest BCUT2D eigenvalue weighted by Crippen LogP contribution is -2.19. The van der Waals surface area contributed by atoms with Crippen molar-refractivity contribution in [2.45, 2.75) is 19.3 Å². The number of nitrogens with zero attached hydrogens (tertiary/aromatic N) is 7. The predicted octanol–water partition coefficient (Wildman–Crippen LogP) is 10.5. The van der Waals surface area contributed by atoms with Crippen molar-refractivity contribution in [3.05, 3.63) is 163 Å². The molecule has 0 amide bonds. The fraction of sp³-hybridized carbons (Fsp3) is 0.0652. The number of imidazole rings is 4. The van der Waals surface area contributed by atoms with Gasteiger partial charge in [-0.25, -0.2) is 9.97 Å². The van der Waals surface area contributed by atoms with Crippen molar-refractivity contribution in [1.29, 1.82) is 0 Å². The monoisotopic (exact) mass is 681 g/mol. The second-order valence-corrected chi connectivity index (χ2v) is 14.6. The SMILES string of the molecule is CC1(C)c2ncccc2-c2cccc(-n3c4ccc(-c5ccc6c(c5)n5c7ccccc7nc5n6-c5ccccc5)cc4n4c5ccccc5nc34)c21. The van der Waals surface area contributed by atoms with Crippen LogP contribution >= 0.6 is 0 Å². The van der Waals surface area contributed by atoms with Crippen LogP contribution in [0.25, 0.3) is 89.3 Å². The molecule has 0 unspecified atom stereocenters. The Balaban J connectivity index is 1.13. The van der Waals surface area contributed by atoms with Crippen LogP contribution in [0.5, 0.6) is 0 Å². The van der Waals surface area contributed by atoms with E-state index in [0.717, 1.165) is 83.9 Å². The third-order valence-corrected chi connectivity index (χ3v) is 11.3. The number of benzene rings is 6. The number of para-hydroxylation sites is 5. The van der Waals surface area contributed by atoms with E-state index >= 15 is 0 Å². The molecule has 0 radical (unpaired) electrons. The number of hydrogen-bond donors (Lipinski definition) is 0. The van der Waals surface area contributed by atoms with Gasteiger partial charge in [-0.15, -0.1) is 0 Å². The average Bonchev–Trinajstić information content (AvgIpc) is 3.97. The molecule has 1 aliphatic carbocycles. The van der Waals surface area contributed by atoms with Crippen molar-refractivity contribution in [3.63, 3.8) is 0 Å². The smallest absolute Gasteiger partial charge is 0.220 e. The molecule has 0 spiro atoms. The average molecular weight is 682 g/mol. The lowest BCUT2D eigenvalue weighted by Gasteiger charge is -2.23. The van der Waals surface area contributed by atoms with Crippen LogP contribution < -0.4 is 0 Å². The minimum absolute atomic E-state index is 0.281. The van der Waals surface area contributed by atoms with Gasteiger partial charge in [0.15, 0.2) is 0 Å². The molecule has 0 atom stereocenters. The number of rotatable bonds is 3. The number of fused-ring (bicyclic) bond motifs is 13. The fourth-order valence-electron chi connectivity index (χ4n) is 9.08. The third-order valence-electron chi connectivity index (χ3n) is 11.3. The maximum absolute atomic E-state index is 5.28. The van der Waals surface area contributed by atoms with Gasteiger partial charge in [0.1, 0.15) is 0 Å². The van der Waals surface area contributed by atoms with Gasteiger partial charge < -0.3 is 0 Å². The normalized spacial score (nSPS) is 13.6. The highest BCUT2D eigenvalue weighted by atomic mass is 15.2. The topological polar surface area (TPSA) is 57.4 Å². The number of hydrogen-bond acceptors (Lipinski definition) is 3. The van der Waals surface area contributed by atoms with Crippen molar-refractivity contribution in [2.24, 2.45) is 0 Å². The highest BCUT2D eigenvalue weighted by molar-refractivity contribution is 5.98. The lowest BCUT2D eigenvalue weighted by atomic mass is 9.84. The third kappa shape index (κ3) is 3.70. The molecule has 0 aliphatic heterocycles. The van der Waals surface area contributed by atoms with E-state index in [1.165, 1.54) is 16.7 Å². The van der Waals surface area contributed by atoms with Gasteiger partial charge in [0.2, 0.25) is 11.6 Å². The Labute approximate surface area is 303 Å². The highest BCUT2D eigenvalue weighted by Gasteiger charge is 2.39. The maximum Gasteiger partial charge on any atom is 0.220 e. The van der Waals surface area contributed by atoms with Gasteiger partial charge in [-0.3, -0.25) is 22.9 Å². The van der Waals surface area contributed by atoms with E-state index in [-0.39, 0.29) is 5.41 Å². The molecule has 0 saturated carbocycles. The summed E-state index contributed by atoms with van der Waals surface area (Å²) in [7, 11) is 0. The summed E-state index contributed by atoms with van der Waals surface area (Å²) in [5.41, 5.74) is 17.6. The Hall–Kier alpha value is -6.99. The maximum atomic E-state index is 5.28. The molecule has 0 fully saturated rings. The van der Waals surface area contributed by atoms with Crippen LogP contribution in [0, 0.1) is 0 Å². The summed E-state index contributed by atoms with van der Waals surface area (Å²) in [6.07, 6.45) is 1.91. The van der Waals surface area contributed by atoms with E-state index in [9.17, 15) is 0 Å². The summed E-state index contributed by atoms with van der Waals surface area (Å²) in [5, 5.41) is 0. The molecule has 6 aromatic carbocycles. The fourth-order valence-corrected chi connectivity index (χ4v) is 9.08. The second kappa shape index (κ2) is 10.1. The van der Waals surface area contributed by atoms with Crippen LogP contribution in [0.2, 0.25) is 0 Å². The van der Waals surface area contributed by atoms with Gasteiger partial charge in [0, 0.05) is 22.9 Å². The molecular formula is C46H31N7. The van der Waals surface area contributed by atoms with Crippen LogP contribution in [0.4, 0.5) is 0 Å². The van der Waals surface area contributed by atoms with Crippen LogP contribution in [-0.2, 0) is 5.41 Å². The van der Waals surface area contributed by atoms with E-state index in [2.05, 4.69) is 171 Å². The van der Waals surface area contributed by atoms with Crippen molar-refractivity contribution in [3.8, 4) is 33.6 Å². The predicted molar refractivity (Wildman–Crippen MR) is 213 cm³/mol. The van der Waals surface area contributed by atoms with Gasteiger partial charge in [-0.2, -0.15) is 0 Å². The summed E-state index contributed by atoms with van der Waals surface area (Å²) in [5.74, 6) is 1.80. The van der Waals surface area contributed by atoms with Gasteiger partial charge in [-0.05, 0) is 95.1 Å². The zero-order valence-electron chi connectivity index (χ0n) is 29.1. The molecule has 0 bridgehead atoms. The molecular weight excluding hydrogens is 651 g/mol. The first kappa shape index (κ1) is 28.7. The van der Waals surface area contributed by atoms with Crippen molar-refractivity contribution >= 4 is 55.7 Å². The van der Waals surface area contributed by atoms with Gasteiger partial charge >= 0.3 is 0 Å². The molecule has 250 valence electrons. The standard InChI is InChI=1S/C46H31N7/c1-46(2)42-31(32-15-11-25-47-43(32)46)14-10-20-39(42)53-38-24-22-29(27-41(38)52-36-19-9-7-17-34(36)49-45(52)53)28-21-23-37-40(26-28)51-35-18-8-6-16-33(35)48-44(51)50(37)30-12-4-3-5-13-30/h3-27H,1-2H3. The highest BCUT2D eigenvalue weighted by Crippen LogP contribution is 2.50.